The van der Waals surface area contributed by atoms with Crippen molar-refractivity contribution in [1.29, 1.82) is 0 Å². The van der Waals surface area contributed by atoms with Crippen molar-refractivity contribution in [1.82, 2.24) is 9.62 Å². The summed E-state index contributed by atoms with van der Waals surface area (Å²) >= 11 is 6.80. The fraction of sp³-hybridized carbons (Fsp3) is 0.643. The maximum Gasteiger partial charge on any atom is 0.407 e. The molecule has 1 fully saturated rings. The minimum Gasteiger partial charge on any atom is -0.465 e. The third kappa shape index (κ3) is 4.17. The largest absolute Gasteiger partial charge is 0.465 e. The smallest absolute Gasteiger partial charge is 0.407 e. The average molecular weight is 381 g/mol. The molecule has 0 aliphatic carbocycles. The van der Waals surface area contributed by atoms with Crippen LogP contribution >= 0.6 is 22.9 Å². The zero-order valence-corrected chi connectivity index (χ0v) is 15.6. The van der Waals surface area contributed by atoms with E-state index in [0.29, 0.717) is 23.7 Å². The standard InChI is InChI=1S/C14H21ClN2O4S2/c1-14(2,3)12-9(5-4-8-17(12)13(18)19)16-23(20,21)11-7-6-10(15)22-11/h6-7,9,12,16H,4-5,8H2,1-3H3,(H,18,19). The van der Waals surface area contributed by atoms with Crippen LogP contribution in [0.15, 0.2) is 16.3 Å². The van der Waals surface area contributed by atoms with Crippen LogP contribution < -0.4 is 4.72 Å². The lowest BCUT2D eigenvalue weighted by molar-refractivity contribution is 0.0434. The number of likely N-dealkylation sites (tertiary alicyclic amines) is 1. The highest BCUT2D eigenvalue weighted by molar-refractivity contribution is 7.91. The van der Waals surface area contributed by atoms with Crippen molar-refractivity contribution in [3.63, 3.8) is 0 Å². The second kappa shape index (κ2) is 6.58. The molecular weight excluding hydrogens is 360 g/mol. The molecule has 0 saturated carbocycles. The second-order valence-corrected chi connectivity index (χ2v) is 10.4. The van der Waals surface area contributed by atoms with Gasteiger partial charge in [-0.3, -0.25) is 0 Å². The SMILES string of the molecule is CC(C)(C)C1C(NS(=O)(=O)c2ccc(Cl)s2)CCCN1C(=O)O. The Hall–Kier alpha value is -0.830. The Balaban J connectivity index is 2.30. The summed E-state index contributed by atoms with van der Waals surface area (Å²) in [5.74, 6) is 0. The lowest BCUT2D eigenvalue weighted by atomic mass is 9.78. The van der Waals surface area contributed by atoms with E-state index >= 15 is 0 Å². The van der Waals surface area contributed by atoms with Crippen LogP contribution in [-0.4, -0.2) is 43.1 Å². The summed E-state index contributed by atoms with van der Waals surface area (Å²) in [7, 11) is -3.72. The molecule has 2 rings (SSSR count). The number of hydrogen-bond donors (Lipinski definition) is 2. The van der Waals surface area contributed by atoms with Gasteiger partial charge in [0.15, 0.2) is 0 Å². The Morgan fingerprint density at radius 2 is 2.09 bits per heavy atom. The first-order valence-corrected chi connectivity index (χ1v) is 9.97. The minimum absolute atomic E-state index is 0.141. The van der Waals surface area contributed by atoms with Gasteiger partial charge in [-0.2, -0.15) is 0 Å². The highest BCUT2D eigenvalue weighted by Crippen LogP contribution is 2.34. The monoisotopic (exact) mass is 380 g/mol. The summed E-state index contributed by atoms with van der Waals surface area (Å²) in [6.45, 7) is 6.17. The van der Waals surface area contributed by atoms with Gasteiger partial charge in [-0.1, -0.05) is 32.4 Å². The van der Waals surface area contributed by atoms with E-state index in [4.69, 9.17) is 11.6 Å². The van der Waals surface area contributed by atoms with E-state index in [1.807, 2.05) is 20.8 Å². The van der Waals surface area contributed by atoms with Gasteiger partial charge >= 0.3 is 6.09 Å². The van der Waals surface area contributed by atoms with Crippen LogP contribution in [0.3, 0.4) is 0 Å². The predicted molar refractivity (Wildman–Crippen MR) is 90.6 cm³/mol. The van der Waals surface area contributed by atoms with Crippen molar-refractivity contribution >= 4 is 39.1 Å². The van der Waals surface area contributed by atoms with E-state index < -0.39 is 28.2 Å². The molecule has 6 nitrogen and oxygen atoms in total. The number of nitrogens with zero attached hydrogens (tertiary/aromatic N) is 1. The van der Waals surface area contributed by atoms with Gasteiger partial charge in [-0.25, -0.2) is 17.9 Å². The van der Waals surface area contributed by atoms with Crippen molar-refractivity contribution in [3.05, 3.63) is 16.5 Å². The topological polar surface area (TPSA) is 86.7 Å². The lowest BCUT2D eigenvalue weighted by Gasteiger charge is -2.46. The first-order chi connectivity index (χ1) is 10.5. The molecule has 0 radical (unpaired) electrons. The van der Waals surface area contributed by atoms with Crippen LogP contribution in [0.25, 0.3) is 0 Å². The molecule has 1 aromatic rings. The zero-order chi connectivity index (χ0) is 17.4. The number of carbonyl (C=O) groups is 1. The Labute approximate surface area is 145 Å². The van der Waals surface area contributed by atoms with E-state index in [2.05, 4.69) is 4.72 Å². The second-order valence-electron chi connectivity index (χ2n) is 6.72. The molecule has 1 aliphatic rings. The Bertz CT molecular complexity index is 681. The zero-order valence-electron chi connectivity index (χ0n) is 13.2. The number of carboxylic acid groups (broad SMARTS) is 1. The molecule has 130 valence electrons. The van der Waals surface area contributed by atoms with Crippen molar-refractivity contribution in [2.24, 2.45) is 5.41 Å². The predicted octanol–water partition coefficient (Wildman–Crippen LogP) is 3.24. The molecule has 2 atom stereocenters. The molecule has 0 bridgehead atoms. The van der Waals surface area contributed by atoms with Gasteiger partial charge in [0.05, 0.1) is 10.4 Å². The van der Waals surface area contributed by atoms with E-state index in [-0.39, 0.29) is 9.62 Å². The summed E-state index contributed by atoms with van der Waals surface area (Å²) in [6.07, 6.45) is 0.203. The molecule has 23 heavy (non-hydrogen) atoms. The fourth-order valence-electron chi connectivity index (χ4n) is 3.10. The van der Waals surface area contributed by atoms with Crippen LogP contribution in [0.5, 0.6) is 0 Å². The molecule has 9 heteroatoms. The van der Waals surface area contributed by atoms with Gasteiger partial charge in [0.2, 0.25) is 10.0 Å². The van der Waals surface area contributed by atoms with Gasteiger partial charge < -0.3 is 10.0 Å². The quantitative estimate of drug-likeness (QED) is 0.842. The third-order valence-electron chi connectivity index (χ3n) is 3.88. The number of sulfonamides is 1. The molecule has 2 heterocycles. The molecule has 2 unspecified atom stereocenters. The van der Waals surface area contributed by atoms with E-state index in [0.717, 1.165) is 11.3 Å². The van der Waals surface area contributed by atoms with Gasteiger partial charge in [0, 0.05) is 12.6 Å². The van der Waals surface area contributed by atoms with Crippen LogP contribution in [-0.2, 0) is 10.0 Å². The van der Waals surface area contributed by atoms with E-state index in [1.54, 1.807) is 0 Å². The van der Waals surface area contributed by atoms with Crippen molar-refractivity contribution in [2.75, 3.05) is 6.54 Å². The molecule has 0 spiro atoms. The molecule has 1 amide bonds. The van der Waals surface area contributed by atoms with Gasteiger partial charge in [-0.05, 0) is 30.4 Å². The normalized spacial score (nSPS) is 23.0. The number of thiophene rings is 1. The maximum absolute atomic E-state index is 12.5. The number of halogens is 1. The molecule has 1 aromatic heterocycles. The van der Waals surface area contributed by atoms with Crippen molar-refractivity contribution in [2.45, 2.75) is 49.9 Å². The Kier molecular flexibility index (Phi) is 5.30. The molecule has 2 N–H and O–H groups in total. The summed E-state index contributed by atoms with van der Waals surface area (Å²) in [5, 5.41) is 9.44. The summed E-state index contributed by atoms with van der Waals surface area (Å²) in [5.41, 5.74) is -0.390. The Morgan fingerprint density at radius 1 is 1.43 bits per heavy atom. The van der Waals surface area contributed by atoms with Gasteiger partial charge in [0.25, 0.3) is 0 Å². The highest BCUT2D eigenvalue weighted by Gasteiger charge is 2.43. The van der Waals surface area contributed by atoms with E-state index in [9.17, 15) is 18.3 Å². The third-order valence-corrected chi connectivity index (χ3v) is 7.10. The first kappa shape index (κ1) is 18.5. The first-order valence-electron chi connectivity index (χ1n) is 7.29. The Morgan fingerprint density at radius 3 is 2.57 bits per heavy atom. The number of amides is 1. The summed E-state index contributed by atoms with van der Waals surface area (Å²) in [6, 6.07) is 2.09. The fourth-order valence-corrected chi connectivity index (χ4v) is 5.88. The van der Waals surface area contributed by atoms with Gasteiger partial charge in [0.1, 0.15) is 4.21 Å². The lowest BCUT2D eigenvalue weighted by Crippen LogP contribution is -2.61. The van der Waals surface area contributed by atoms with Gasteiger partial charge in [-0.15, -0.1) is 11.3 Å². The number of nitrogens with one attached hydrogen (secondary N) is 1. The number of rotatable bonds is 3. The summed E-state index contributed by atoms with van der Waals surface area (Å²) < 4.78 is 28.3. The molecule has 1 saturated heterocycles. The number of piperidine rings is 1. The van der Waals surface area contributed by atoms with Crippen molar-refractivity contribution in [3.8, 4) is 0 Å². The number of hydrogen-bond acceptors (Lipinski definition) is 4. The van der Waals surface area contributed by atoms with Crippen LogP contribution in [0.4, 0.5) is 4.79 Å². The van der Waals surface area contributed by atoms with Crippen LogP contribution in [0.1, 0.15) is 33.6 Å². The van der Waals surface area contributed by atoms with E-state index in [1.165, 1.54) is 17.0 Å². The average Bonchev–Trinajstić information content (AvgIpc) is 2.84. The van der Waals surface area contributed by atoms with Crippen LogP contribution in [0.2, 0.25) is 4.34 Å². The molecule has 0 aromatic carbocycles. The maximum atomic E-state index is 12.5. The molecular formula is C14H21ClN2O4S2. The highest BCUT2D eigenvalue weighted by atomic mass is 35.5. The van der Waals surface area contributed by atoms with Crippen molar-refractivity contribution < 1.29 is 18.3 Å². The van der Waals surface area contributed by atoms with Crippen LogP contribution in [0, 0.1) is 5.41 Å². The summed E-state index contributed by atoms with van der Waals surface area (Å²) in [4.78, 5) is 12.9. The molecule has 1 aliphatic heterocycles. The minimum atomic E-state index is -3.72.